The van der Waals surface area contributed by atoms with Crippen LogP contribution in [0.1, 0.15) is 42.4 Å². The van der Waals surface area contributed by atoms with Crippen molar-refractivity contribution in [3.63, 3.8) is 0 Å². The van der Waals surface area contributed by atoms with Crippen molar-refractivity contribution in [2.45, 2.75) is 32.6 Å². The highest BCUT2D eigenvalue weighted by molar-refractivity contribution is 6.02. The number of nitrogens with one attached hydrogen (secondary N) is 1. The second kappa shape index (κ2) is 19.8. The van der Waals surface area contributed by atoms with Crippen molar-refractivity contribution < 1.29 is 33.3 Å². The Morgan fingerprint density at radius 3 is 1.76 bits per heavy atom. The van der Waals surface area contributed by atoms with Gasteiger partial charge in [0.1, 0.15) is 11.5 Å². The summed E-state index contributed by atoms with van der Waals surface area (Å²) >= 11 is 0. The van der Waals surface area contributed by atoms with Crippen LogP contribution in [-0.2, 0) is 23.9 Å². The highest BCUT2D eigenvalue weighted by Gasteiger charge is 2.04. The predicted molar refractivity (Wildman–Crippen MR) is 181 cm³/mol. The summed E-state index contributed by atoms with van der Waals surface area (Å²) < 4.78 is 21.3. The topological polar surface area (TPSA) is 113 Å². The quantitative estimate of drug-likeness (QED) is 0.0651. The Morgan fingerprint density at radius 2 is 1.24 bits per heavy atom. The van der Waals surface area contributed by atoms with Gasteiger partial charge in [0, 0.05) is 30.1 Å². The van der Waals surface area contributed by atoms with Gasteiger partial charge in [0.05, 0.1) is 32.1 Å². The number of unbranched alkanes of at least 4 members (excludes halogenated alkanes) is 2. The van der Waals surface area contributed by atoms with Gasteiger partial charge >= 0.3 is 11.9 Å². The smallest absolute Gasteiger partial charge is 0.330 e. The number of ether oxygens (including phenoxy) is 4. The van der Waals surface area contributed by atoms with Crippen LogP contribution in [0, 0.1) is 6.92 Å². The lowest BCUT2D eigenvalue weighted by molar-refractivity contribution is -0.138. The van der Waals surface area contributed by atoms with Crippen molar-refractivity contribution in [2.24, 2.45) is 4.99 Å². The third kappa shape index (κ3) is 13.5. The number of amides is 1. The number of benzene rings is 3. The molecule has 0 radical (unpaired) electrons. The molecule has 9 nitrogen and oxygen atoms in total. The van der Waals surface area contributed by atoms with Crippen LogP contribution in [0.25, 0.3) is 6.08 Å². The van der Waals surface area contributed by atoms with Gasteiger partial charge in [-0.05, 0) is 110 Å². The van der Waals surface area contributed by atoms with Gasteiger partial charge in [-0.1, -0.05) is 25.3 Å². The number of nitrogens with zero attached hydrogens (tertiary/aromatic N) is 1. The van der Waals surface area contributed by atoms with E-state index in [0.717, 1.165) is 65.3 Å². The van der Waals surface area contributed by atoms with Gasteiger partial charge in [0.2, 0.25) is 5.91 Å². The van der Waals surface area contributed by atoms with Crippen LogP contribution in [0.5, 0.6) is 11.5 Å². The molecule has 3 aromatic rings. The molecular weight excluding hydrogens is 584 g/mol. The first kappa shape index (κ1) is 35.0. The lowest BCUT2D eigenvalue weighted by Gasteiger charge is -2.08. The zero-order valence-corrected chi connectivity index (χ0v) is 26.1. The summed E-state index contributed by atoms with van der Waals surface area (Å²) in [4.78, 5) is 39.1. The summed E-state index contributed by atoms with van der Waals surface area (Å²) in [5, 5.41) is 2.91. The number of esters is 2. The van der Waals surface area contributed by atoms with E-state index >= 15 is 0 Å². The van der Waals surface area contributed by atoms with E-state index in [9.17, 15) is 14.4 Å². The number of carbonyl (C=O) groups is 3. The Kier molecular flexibility index (Phi) is 15.1. The summed E-state index contributed by atoms with van der Waals surface area (Å²) in [7, 11) is 0. The average Bonchev–Trinajstić information content (AvgIpc) is 3.07. The Bertz CT molecular complexity index is 1510. The van der Waals surface area contributed by atoms with Crippen LogP contribution in [-0.4, -0.2) is 50.5 Å². The highest BCUT2D eigenvalue weighted by atomic mass is 16.5. The molecule has 3 rings (SSSR count). The molecule has 1 N–H and O–H groups in total. The monoisotopic (exact) mass is 624 g/mol. The van der Waals surface area contributed by atoms with E-state index < -0.39 is 11.9 Å². The predicted octanol–water partition coefficient (Wildman–Crippen LogP) is 7.17. The largest absolute Gasteiger partial charge is 0.494 e. The molecule has 240 valence electrons. The van der Waals surface area contributed by atoms with Gasteiger partial charge in [-0.2, -0.15) is 0 Å². The first-order valence-corrected chi connectivity index (χ1v) is 15.0. The lowest BCUT2D eigenvalue weighted by Crippen LogP contribution is -2.08. The van der Waals surface area contributed by atoms with Crippen LogP contribution >= 0.6 is 0 Å². The zero-order chi connectivity index (χ0) is 33.0. The Labute approximate surface area is 270 Å². The molecule has 0 bridgehead atoms. The van der Waals surface area contributed by atoms with Crippen LogP contribution in [0.15, 0.2) is 103 Å². The molecule has 0 fully saturated rings. The maximum atomic E-state index is 12.5. The second-order valence-corrected chi connectivity index (χ2v) is 10.1. The SMILES string of the molecule is C=CC(=O)OCCCCOc1ccc(/C=C/C(=O)Nc2ccc(/N=C/c3ccc(OCCCCOC(=O)C=C)cc3)cc2C)cc1. The molecule has 0 aromatic heterocycles. The van der Waals surface area contributed by atoms with Crippen molar-refractivity contribution >= 4 is 41.5 Å². The maximum absolute atomic E-state index is 12.5. The minimum absolute atomic E-state index is 0.240. The Morgan fingerprint density at radius 1 is 0.717 bits per heavy atom. The molecule has 0 saturated heterocycles. The Hall–Kier alpha value is -5.44. The summed E-state index contributed by atoms with van der Waals surface area (Å²) in [6.07, 6.45) is 10.2. The number of hydrogen-bond acceptors (Lipinski definition) is 8. The van der Waals surface area contributed by atoms with Crippen molar-refractivity contribution in [1.82, 2.24) is 0 Å². The first-order valence-electron chi connectivity index (χ1n) is 15.0. The third-order valence-electron chi connectivity index (χ3n) is 6.45. The number of hydrogen-bond donors (Lipinski definition) is 1. The average molecular weight is 625 g/mol. The van der Waals surface area contributed by atoms with E-state index in [2.05, 4.69) is 23.5 Å². The molecule has 0 saturated carbocycles. The standard InChI is InChI=1S/C37H40N2O7/c1-4-36(41)45-24-8-6-22-43-32-16-10-29(11-17-32)14-21-35(40)39-34-20-15-31(26-28(34)3)38-27-30-12-18-33(19-13-30)44-23-7-9-25-46-37(42)5-2/h4-5,10-21,26-27H,1-2,6-9,22-25H2,3H3,(H,39,40)/b21-14+,38-27+. The van der Waals surface area contributed by atoms with Crippen LogP contribution in [0.4, 0.5) is 11.4 Å². The Balaban J connectivity index is 1.39. The number of aryl methyl sites for hydroxylation is 1. The van der Waals surface area contributed by atoms with E-state index in [0.29, 0.717) is 38.5 Å². The van der Waals surface area contributed by atoms with E-state index in [-0.39, 0.29) is 5.91 Å². The molecule has 46 heavy (non-hydrogen) atoms. The number of carbonyl (C=O) groups excluding carboxylic acids is 3. The fourth-order valence-electron chi connectivity index (χ4n) is 3.94. The summed E-state index contributed by atoms with van der Waals surface area (Å²) in [5.41, 5.74) is 4.15. The molecule has 0 aliphatic carbocycles. The minimum atomic E-state index is -0.421. The van der Waals surface area contributed by atoms with Gasteiger partial charge in [-0.25, -0.2) is 9.59 Å². The van der Waals surface area contributed by atoms with Gasteiger partial charge in [0.15, 0.2) is 0 Å². The lowest BCUT2D eigenvalue weighted by atomic mass is 10.1. The first-order chi connectivity index (χ1) is 22.4. The summed E-state index contributed by atoms with van der Waals surface area (Å²) in [6.45, 7) is 10.4. The van der Waals surface area contributed by atoms with Crippen molar-refractivity contribution in [3.8, 4) is 11.5 Å². The molecule has 1 amide bonds. The molecular formula is C37H40N2O7. The maximum Gasteiger partial charge on any atom is 0.330 e. The number of aliphatic imine (C=N–C) groups is 1. The molecule has 0 aliphatic heterocycles. The minimum Gasteiger partial charge on any atom is -0.494 e. The zero-order valence-electron chi connectivity index (χ0n) is 26.1. The van der Waals surface area contributed by atoms with E-state index in [4.69, 9.17) is 18.9 Å². The molecule has 0 unspecified atom stereocenters. The summed E-state index contributed by atoms with van der Waals surface area (Å²) in [5.74, 6) is 0.404. The normalized spacial score (nSPS) is 10.8. The number of rotatable bonds is 19. The molecule has 9 heteroatoms. The second-order valence-electron chi connectivity index (χ2n) is 10.1. The highest BCUT2D eigenvalue weighted by Crippen LogP contribution is 2.22. The molecule has 0 spiro atoms. The van der Waals surface area contributed by atoms with Crippen molar-refractivity contribution in [3.05, 3.63) is 115 Å². The molecule has 0 atom stereocenters. The fraction of sp³-hybridized carbons (Fsp3) is 0.243. The van der Waals surface area contributed by atoms with E-state index in [1.54, 1.807) is 12.3 Å². The number of anilines is 1. The van der Waals surface area contributed by atoms with Crippen LogP contribution in [0.2, 0.25) is 0 Å². The molecule has 0 aliphatic rings. The van der Waals surface area contributed by atoms with E-state index in [1.807, 2.05) is 73.7 Å². The fourth-order valence-corrected chi connectivity index (χ4v) is 3.94. The molecule has 0 heterocycles. The van der Waals surface area contributed by atoms with E-state index in [1.165, 1.54) is 6.08 Å². The van der Waals surface area contributed by atoms with Gasteiger partial charge in [-0.3, -0.25) is 9.79 Å². The van der Waals surface area contributed by atoms with Crippen LogP contribution in [0.3, 0.4) is 0 Å². The van der Waals surface area contributed by atoms with Crippen molar-refractivity contribution in [2.75, 3.05) is 31.7 Å². The van der Waals surface area contributed by atoms with Crippen molar-refractivity contribution in [1.29, 1.82) is 0 Å². The summed E-state index contributed by atoms with van der Waals surface area (Å²) in [6, 6.07) is 20.6. The molecule has 3 aromatic carbocycles. The van der Waals surface area contributed by atoms with Gasteiger partial charge < -0.3 is 24.3 Å². The van der Waals surface area contributed by atoms with Crippen LogP contribution < -0.4 is 14.8 Å². The van der Waals surface area contributed by atoms with Gasteiger partial charge in [-0.15, -0.1) is 0 Å². The third-order valence-corrected chi connectivity index (χ3v) is 6.45. The van der Waals surface area contributed by atoms with Gasteiger partial charge in [0.25, 0.3) is 0 Å².